The Labute approximate surface area is 103 Å². The second-order valence-corrected chi connectivity index (χ2v) is 5.49. The van der Waals surface area contributed by atoms with Gasteiger partial charge in [0.25, 0.3) is 0 Å². The molecule has 1 aromatic rings. The predicted octanol–water partition coefficient (Wildman–Crippen LogP) is 3.96. The van der Waals surface area contributed by atoms with Gasteiger partial charge < -0.3 is 0 Å². The Morgan fingerprint density at radius 3 is 2.94 bits per heavy atom. The van der Waals surface area contributed by atoms with Gasteiger partial charge in [0.1, 0.15) is 0 Å². The van der Waals surface area contributed by atoms with Crippen molar-refractivity contribution in [2.45, 2.75) is 39.3 Å². The molecular formula is C14H20ClN. The Morgan fingerprint density at radius 1 is 1.44 bits per heavy atom. The molecule has 0 amide bonds. The average molecular weight is 238 g/mol. The van der Waals surface area contributed by atoms with Crippen LogP contribution < -0.4 is 0 Å². The van der Waals surface area contributed by atoms with Crippen LogP contribution in [0.25, 0.3) is 0 Å². The fourth-order valence-corrected chi connectivity index (χ4v) is 2.89. The molecule has 0 unspecified atom stereocenters. The number of hydrogen-bond acceptors (Lipinski definition) is 1. The van der Waals surface area contributed by atoms with Crippen molar-refractivity contribution in [2.24, 2.45) is 5.92 Å². The average Bonchev–Trinajstić information content (AvgIpc) is 2.66. The van der Waals surface area contributed by atoms with Crippen LogP contribution >= 0.6 is 11.6 Å². The van der Waals surface area contributed by atoms with E-state index in [1.54, 1.807) is 0 Å². The van der Waals surface area contributed by atoms with Gasteiger partial charge in [0.15, 0.2) is 0 Å². The van der Waals surface area contributed by atoms with E-state index in [0.29, 0.717) is 0 Å². The zero-order valence-corrected chi connectivity index (χ0v) is 10.9. The third kappa shape index (κ3) is 2.78. The van der Waals surface area contributed by atoms with Crippen molar-refractivity contribution in [3.63, 3.8) is 0 Å². The molecule has 1 atom stereocenters. The minimum absolute atomic E-state index is 0.749. The van der Waals surface area contributed by atoms with Gasteiger partial charge in [0.05, 0.1) is 0 Å². The Hall–Kier alpha value is -0.530. The van der Waals surface area contributed by atoms with Crippen molar-refractivity contribution in [1.82, 2.24) is 4.90 Å². The van der Waals surface area contributed by atoms with Gasteiger partial charge in [0, 0.05) is 17.6 Å². The maximum absolute atomic E-state index is 6.01. The number of nitrogens with zero attached hydrogens (tertiary/aromatic N) is 1. The lowest BCUT2D eigenvalue weighted by Gasteiger charge is -2.27. The zero-order chi connectivity index (χ0) is 11.5. The SMILES string of the molecule is CC(C)[C@@H]1CCCN1Cc1cccc(Cl)c1. The fraction of sp³-hybridized carbons (Fsp3) is 0.571. The first-order chi connectivity index (χ1) is 7.66. The summed E-state index contributed by atoms with van der Waals surface area (Å²) < 4.78 is 0. The van der Waals surface area contributed by atoms with Crippen LogP contribution in [0.3, 0.4) is 0 Å². The summed E-state index contributed by atoms with van der Waals surface area (Å²) in [7, 11) is 0. The van der Waals surface area contributed by atoms with Gasteiger partial charge in [-0.3, -0.25) is 4.90 Å². The van der Waals surface area contributed by atoms with Gasteiger partial charge in [0.2, 0.25) is 0 Å². The Kier molecular flexibility index (Phi) is 3.88. The summed E-state index contributed by atoms with van der Waals surface area (Å²) in [6.07, 6.45) is 2.68. The number of halogens is 1. The molecule has 0 saturated carbocycles. The van der Waals surface area contributed by atoms with Crippen LogP contribution in [0.15, 0.2) is 24.3 Å². The molecule has 0 spiro atoms. The van der Waals surface area contributed by atoms with E-state index in [4.69, 9.17) is 11.6 Å². The van der Waals surface area contributed by atoms with Crippen LogP contribution in [-0.2, 0) is 6.54 Å². The van der Waals surface area contributed by atoms with Crippen LogP contribution in [0, 0.1) is 5.92 Å². The fourth-order valence-electron chi connectivity index (χ4n) is 2.67. The summed E-state index contributed by atoms with van der Waals surface area (Å²) in [5.41, 5.74) is 1.33. The van der Waals surface area contributed by atoms with E-state index in [1.165, 1.54) is 24.9 Å². The van der Waals surface area contributed by atoms with E-state index >= 15 is 0 Å². The molecule has 1 aliphatic heterocycles. The smallest absolute Gasteiger partial charge is 0.0409 e. The van der Waals surface area contributed by atoms with E-state index in [-0.39, 0.29) is 0 Å². The zero-order valence-electron chi connectivity index (χ0n) is 10.1. The van der Waals surface area contributed by atoms with Crippen molar-refractivity contribution >= 4 is 11.6 Å². The van der Waals surface area contributed by atoms with Crippen LogP contribution in [-0.4, -0.2) is 17.5 Å². The van der Waals surface area contributed by atoms with Crippen molar-refractivity contribution in [1.29, 1.82) is 0 Å². The molecule has 1 aliphatic rings. The molecule has 0 aromatic heterocycles. The molecule has 1 fully saturated rings. The van der Waals surface area contributed by atoms with Gasteiger partial charge >= 0.3 is 0 Å². The molecule has 1 nitrogen and oxygen atoms in total. The minimum Gasteiger partial charge on any atom is -0.296 e. The molecule has 2 rings (SSSR count). The predicted molar refractivity (Wildman–Crippen MR) is 69.7 cm³/mol. The molecule has 0 radical (unpaired) electrons. The highest BCUT2D eigenvalue weighted by atomic mass is 35.5. The number of benzene rings is 1. The first-order valence-corrected chi connectivity index (χ1v) is 6.53. The first kappa shape index (κ1) is 11.9. The van der Waals surface area contributed by atoms with Crippen molar-refractivity contribution in [3.05, 3.63) is 34.9 Å². The molecule has 0 N–H and O–H groups in total. The number of rotatable bonds is 3. The molecule has 2 heteroatoms. The first-order valence-electron chi connectivity index (χ1n) is 6.15. The van der Waals surface area contributed by atoms with Crippen molar-refractivity contribution in [3.8, 4) is 0 Å². The van der Waals surface area contributed by atoms with Crippen molar-refractivity contribution < 1.29 is 0 Å². The second kappa shape index (κ2) is 5.20. The lowest BCUT2D eigenvalue weighted by Crippen LogP contribution is -2.32. The topological polar surface area (TPSA) is 3.24 Å². The molecule has 1 heterocycles. The molecule has 1 saturated heterocycles. The summed E-state index contributed by atoms with van der Waals surface area (Å²) >= 11 is 6.01. The molecule has 0 aliphatic carbocycles. The van der Waals surface area contributed by atoms with Crippen molar-refractivity contribution in [2.75, 3.05) is 6.54 Å². The summed E-state index contributed by atoms with van der Waals surface area (Å²) in [5.74, 6) is 0.752. The summed E-state index contributed by atoms with van der Waals surface area (Å²) in [6, 6.07) is 8.98. The highest BCUT2D eigenvalue weighted by Gasteiger charge is 2.26. The third-order valence-corrected chi connectivity index (χ3v) is 3.69. The maximum atomic E-state index is 6.01. The second-order valence-electron chi connectivity index (χ2n) is 5.05. The molecule has 0 bridgehead atoms. The van der Waals surface area contributed by atoms with Crippen LogP contribution in [0.4, 0.5) is 0 Å². The normalized spacial score (nSPS) is 21.9. The number of likely N-dealkylation sites (tertiary alicyclic amines) is 1. The Bertz CT molecular complexity index is 348. The molecular weight excluding hydrogens is 218 g/mol. The highest BCUT2D eigenvalue weighted by Crippen LogP contribution is 2.26. The van der Waals surface area contributed by atoms with Crippen LogP contribution in [0.5, 0.6) is 0 Å². The van der Waals surface area contributed by atoms with Gasteiger partial charge in [-0.1, -0.05) is 37.6 Å². The van der Waals surface area contributed by atoms with Gasteiger partial charge in [-0.2, -0.15) is 0 Å². The lowest BCUT2D eigenvalue weighted by molar-refractivity contribution is 0.199. The van der Waals surface area contributed by atoms with Gasteiger partial charge in [-0.25, -0.2) is 0 Å². The van der Waals surface area contributed by atoms with E-state index in [9.17, 15) is 0 Å². The van der Waals surface area contributed by atoms with E-state index in [0.717, 1.165) is 23.5 Å². The molecule has 1 aromatic carbocycles. The lowest BCUT2D eigenvalue weighted by atomic mass is 10.0. The van der Waals surface area contributed by atoms with Gasteiger partial charge in [-0.05, 0) is 43.0 Å². The van der Waals surface area contributed by atoms with Crippen LogP contribution in [0.2, 0.25) is 5.02 Å². The highest BCUT2D eigenvalue weighted by molar-refractivity contribution is 6.30. The quantitative estimate of drug-likeness (QED) is 0.769. The van der Waals surface area contributed by atoms with Crippen LogP contribution in [0.1, 0.15) is 32.3 Å². The monoisotopic (exact) mass is 237 g/mol. The minimum atomic E-state index is 0.749. The Morgan fingerprint density at radius 2 is 2.25 bits per heavy atom. The molecule has 16 heavy (non-hydrogen) atoms. The summed E-state index contributed by atoms with van der Waals surface area (Å²) in [4.78, 5) is 2.59. The number of hydrogen-bond donors (Lipinski definition) is 0. The summed E-state index contributed by atoms with van der Waals surface area (Å²) in [5, 5.41) is 0.845. The van der Waals surface area contributed by atoms with Gasteiger partial charge in [-0.15, -0.1) is 0 Å². The maximum Gasteiger partial charge on any atom is 0.0409 e. The third-order valence-electron chi connectivity index (χ3n) is 3.46. The largest absolute Gasteiger partial charge is 0.296 e. The van der Waals surface area contributed by atoms with E-state index in [1.807, 2.05) is 12.1 Å². The molecule has 88 valence electrons. The Balaban J connectivity index is 2.04. The van der Waals surface area contributed by atoms with E-state index < -0.39 is 0 Å². The summed E-state index contributed by atoms with van der Waals surface area (Å²) in [6.45, 7) is 6.92. The van der Waals surface area contributed by atoms with E-state index in [2.05, 4.69) is 30.9 Å². The standard InChI is InChI=1S/C14H20ClN/c1-11(2)14-7-4-8-16(14)10-12-5-3-6-13(15)9-12/h3,5-6,9,11,14H,4,7-8,10H2,1-2H3/t14-/m0/s1.